The molecule has 0 radical (unpaired) electrons. The Morgan fingerprint density at radius 2 is 1.74 bits per heavy atom. The molecule has 0 N–H and O–H groups in total. The molecule has 0 atom stereocenters. The molecule has 2 amide bonds. The Kier molecular flexibility index (Phi) is 7.72. The van der Waals surface area contributed by atoms with Gasteiger partial charge in [-0.05, 0) is 71.3 Å². The van der Waals surface area contributed by atoms with Crippen molar-refractivity contribution >= 4 is 51.4 Å². The number of amides is 2. The Hall–Kier alpha value is -3.74. The first-order chi connectivity index (χ1) is 18.4. The minimum absolute atomic E-state index is 0.232. The molecule has 1 aliphatic heterocycles. The third kappa shape index (κ3) is 5.57. The maximum atomic E-state index is 13.1. The van der Waals surface area contributed by atoms with Crippen molar-refractivity contribution in [1.29, 1.82) is 0 Å². The lowest BCUT2D eigenvalue weighted by Gasteiger charge is -2.15. The fraction of sp³-hybridized carbons (Fsp3) is 0.161. The first-order valence-corrected chi connectivity index (χ1v) is 13.5. The second kappa shape index (κ2) is 11.3. The van der Waals surface area contributed by atoms with Crippen molar-refractivity contribution < 1.29 is 19.1 Å². The molecule has 1 saturated heterocycles. The highest BCUT2D eigenvalue weighted by molar-refractivity contribution is 8.18. The zero-order valence-corrected chi connectivity index (χ0v) is 22.6. The van der Waals surface area contributed by atoms with Crippen LogP contribution in [0.3, 0.4) is 0 Å². The second-order valence-electron chi connectivity index (χ2n) is 8.95. The van der Waals surface area contributed by atoms with Crippen molar-refractivity contribution in [2.45, 2.75) is 27.0 Å². The fourth-order valence-corrected chi connectivity index (χ4v) is 5.54. The lowest BCUT2D eigenvalue weighted by Crippen LogP contribution is -2.27. The molecule has 0 aromatic heterocycles. The van der Waals surface area contributed by atoms with Gasteiger partial charge < -0.3 is 9.47 Å². The number of benzene rings is 4. The van der Waals surface area contributed by atoms with E-state index in [0.29, 0.717) is 40.2 Å². The van der Waals surface area contributed by atoms with E-state index in [1.165, 1.54) is 4.90 Å². The second-order valence-corrected chi connectivity index (χ2v) is 10.3. The van der Waals surface area contributed by atoms with Crippen molar-refractivity contribution in [2.24, 2.45) is 0 Å². The van der Waals surface area contributed by atoms with Crippen LogP contribution < -0.4 is 9.47 Å². The molecule has 1 fully saturated rings. The van der Waals surface area contributed by atoms with Crippen LogP contribution in [0.1, 0.15) is 29.2 Å². The van der Waals surface area contributed by atoms with E-state index in [4.69, 9.17) is 21.1 Å². The van der Waals surface area contributed by atoms with Crippen LogP contribution in [0.4, 0.5) is 4.79 Å². The first-order valence-electron chi connectivity index (χ1n) is 12.3. The Bertz CT molecular complexity index is 1560. The highest BCUT2D eigenvalue weighted by atomic mass is 35.5. The van der Waals surface area contributed by atoms with Gasteiger partial charge in [-0.1, -0.05) is 83.9 Å². The fourth-order valence-electron chi connectivity index (χ4n) is 4.42. The summed E-state index contributed by atoms with van der Waals surface area (Å²) in [4.78, 5) is 27.3. The number of thioether (sulfide) groups is 1. The van der Waals surface area contributed by atoms with E-state index in [1.807, 2.05) is 62.4 Å². The van der Waals surface area contributed by atoms with Gasteiger partial charge in [0.15, 0.2) is 11.5 Å². The van der Waals surface area contributed by atoms with Gasteiger partial charge in [-0.15, -0.1) is 0 Å². The lowest BCUT2D eigenvalue weighted by molar-refractivity contribution is -0.123. The predicted molar refractivity (Wildman–Crippen MR) is 154 cm³/mol. The van der Waals surface area contributed by atoms with Gasteiger partial charge in [0.25, 0.3) is 11.1 Å². The van der Waals surface area contributed by atoms with Gasteiger partial charge >= 0.3 is 0 Å². The SMILES string of the molecule is CCOc1cc(/C=C2\SC(=O)N(Cc3cccc(C)c3)C2=O)cc(Cl)c1OCc1cccc2ccccc12. The van der Waals surface area contributed by atoms with Crippen LogP contribution in [0.15, 0.2) is 83.8 Å². The van der Waals surface area contributed by atoms with E-state index in [2.05, 4.69) is 18.2 Å². The van der Waals surface area contributed by atoms with Crippen LogP contribution in [0.25, 0.3) is 16.8 Å². The van der Waals surface area contributed by atoms with E-state index in [9.17, 15) is 9.59 Å². The van der Waals surface area contributed by atoms with Gasteiger partial charge in [-0.2, -0.15) is 0 Å². The number of imide groups is 1. The van der Waals surface area contributed by atoms with Crippen molar-refractivity contribution in [3.05, 3.63) is 111 Å². The Morgan fingerprint density at radius 1 is 0.947 bits per heavy atom. The smallest absolute Gasteiger partial charge is 0.293 e. The number of fused-ring (bicyclic) bond motifs is 1. The van der Waals surface area contributed by atoms with Gasteiger partial charge in [0.1, 0.15) is 6.61 Å². The van der Waals surface area contributed by atoms with Gasteiger partial charge in [0.2, 0.25) is 0 Å². The summed E-state index contributed by atoms with van der Waals surface area (Å²) in [6.45, 7) is 4.82. The number of carbonyl (C=O) groups is 2. The van der Waals surface area contributed by atoms with Gasteiger partial charge in [0, 0.05) is 0 Å². The molecule has 5 rings (SSSR count). The molecule has 0 saturated carbocycles. The Morgan fingerprint density at radius 3 is 2.55 bits per heavy atom. The molecule has 1 aliphatic rings. The summed E-state index contributed by atoms with van der Waals surface area (Å²) >= 11 is 7.57. The van der Waals surface area contributed by atoms with Crippen LogP contribution >= 0.6 is 23.4 Å². The lowest BCUT2D eigenvalue weighted by atomic mass is 10.1. The first kappa shape index (κ1) is 25.9. The molecule has 0 spiro atoms. The highest BCUT2D eigenvalue weighted by Gasteiger charge is 2.35. The molecular formula is C31H26ClNO4S. The minimum Gasteiger partial charge on any atom is -0.490 e. The molecule has 7 heteroatoms. The molecule has 38 heavy (non-hydrogen) atoms. The van der Waals surface area contributed by atoms with E-state index in [-0.39, 0.29) is 17.7 Å². The van der Waals surface area contributed by atoms with Gasteiger partial charge in [-0.25, -0.2) is 0 Å². The third-order valence-corrected chi connectivity index (χ3v) is 7.37. The van der Waals surface area contributed by atoms with Crippen molar-refractivity contribution in [3.63, 3.8) is 0 Å². The van der Waals surface area contributed by atoms with Crippen molar-refractivity contribution in [1.82, 2.24) is 4.90 Å². The van der Waals surface area contributed by atoms with Crippen LogP contribution in [0, 0.1) is 6.92 Å². The van der Waals surface area contributed by atoms with Crippen LogP contribution in [0.2, 0.25) is 5.02 Å². The molecule has 0 bridgehead atoms. The zero-order valence-electron chi connectivity index (χ0n) is 21.1. The molecular weight excluding hydrogens is 518 g/mol. The Labute approximate surface area is 231 Å². The summed E-state index contributed by atoms with van der Waals surface area (Å²) in [5, 5.41) is 2.31. The molecule has 0 aliphatic carbocycles. The zero-order chi connectivity index (χ0) is 26.6. The average molecular weight is 544 g/mol. The highest BCUT2D eigenvalue weighted by Crippen LogP contribution is 2.40. The van der Waals surface area contributed by atoms with E-state index < -0.39 is 0 Å². The maximum Gasteiger partial charge on any atom is 0.293 e. The van der Waals surface area contributed by atoms with Gasteiger partial charge in [-0.3, -0.25) is 14.5 Å². The number of aryl methyl sites for hydroxylation is 1. The molecule has 4 aromatic carbocycles. The number of ether oxygens (including phenoxy) is 2. The van der Waals surface area contributed by atoms with Crippen LogP contribution in [-0.4, -0.2) is 22.7 Å². The molecule has 192 valence electrons. The topological polar surface area (TPSA) is 55.8 Å². The Balaban J connectivity index is 1.38. The number of hydrogen-bond donors (Lipinski definition) is 0. The van der Waals surface area contributed by atoms with E-state index >= 15 is 0 Å². The standard InChI is InChI=1S/C31H26ClNO4S/c1-3-36-27-16-22(17-28-30(34)33(31(35)38-28)18-21-9-6-8-20(2)14-21)15-26(32)29(27)37-19-24-12-7-11-23-10-4-5-13-25(23)24/h4-17H,3,18-19H2,1-2H3/b28-17-. The number of hydrogen-bond acceptors (Lipinski definition) is 5. The van der Waals surface area contributed by atoms with Gasteiger partial charge in [0.05, 0.1) is 23.1 Å². The average Bonchev–Trinajstić information content (AvgIpc) is 3.15. The molecule has 0 unspecified atom stereocenters. The van der Waals surface area contributed by atoms with E-state index in [0.717, 1.165) is 39.2 Å². The minimum atomic E-state index is -0.327. The molecule has 1 heterocycles. The number of carbonyl (C=O) groups excluding carboxylic acids is 2. The monoisotopic (exact) mass is 543 g/mol. The quantitative estimate of drug-likeness (QED) is 0.211. The molecule has 5 nitrogen and oxygen atoms in total. The number of halogens is 1. The summed E-state index contributed by atoms with van der Waals surface area (Å²) in [5.41, 5.74) is 3.67. The van der Waals surface area contributed by atoms with Crippen molar-refractivity contribution in [2.75, 3.05) is 6.61 Å². The summed E-state index contributed by atoms with van der Waals surface area (Å²) in [7, 11) is 0. The summed E-state index contributed by atoms with van der Waals surface area (Å²) < 4.78 is 12.0. The number of rotatable bonds is 8. The largest absolute Gasteiger partial charge is 0.490 e. The molecule has 4 aromatic rings. The number of nitrogens with zero attached hydrogens (tertiary/aromatic N) is 1. The summed E-state index contributed by atoms with van der Waals surface area (Å²) in [6.07, 6.45) is 1.67. The van der Waals surface area contributed by atoms with Crippen LogP contribution in [-0.2, 0) is 17.9 Å². The summed E-state index contributed by atoms with van der Waals surface area (Å²) in [5.74, 6) is 0.587. The third-order valence-electron chi connectivity index (χ3n) is 6.18. The normalized spacial score (nSPS) is 14.5. The van der Waals surface area contributed by atoms with Crippen molar-refractivity contribution in [3.8, 4) is 11.5 Å². The maximum absolute atomic E-state index is 13.1. The van der Waals surface area contributed by atoms with E-state index in [1.54, 1.807) is 18.2 Å². The van der Waals surface area contributed by atoms with Crippen LogP contribution in [0.5, 0.6) is 11.5 Å². The predicted octanol–water partition coefficient (Wildman–Crippen LogP) is 8.02. The summed E-state index contributed by atoms with van der Waals surface area (Å²) in [6, 6.07) is 25.5.